The summed E-state index contributed by atoms with van der Waals surface area (Å²) in [5.41, 5.74) is 1.95. The summed E-state index contributed by atoms with van der Waals surface area (Å²) in [5.74, 6) is -0.838. The van der Waals surface area contributed by atoms with Crippen molar-refractivity contribution < 1.29 is 18.0 Å². The van der Waals surface area contributed by atoms with E-state index in [1.54, 1.807) is 60.7 Å². The number of rotatable bonds is 12. The number of benzene rings is 3. The Labute approximate surface area is 247 Å². The van der Waals surface area contributed by atoms with Crippen LogP contribution in [0.1, 0.15) is 44.7 Å². The third-order valence-electron chi connectivity index (χ3n) is 6.66. The summed E-state index contributed by atoms with van der Waals surface area (Å²) in [6.45, 7) is 7.09. The second kappa shape index (κ2) is 14.0. The molecule has 7 nitrogen and oxygen atoms in total. The van der Waals surface area contributed by atoms with Crippen LogP contribution in [0.4, 0.5) is 5.69 Å². The van der Waals surface area contributed by atoms with Crippen LogP contribution in [0.15, 0.2) is 77.7 Å². The summed E-state index contributed by atoms with van der Waals surface area (Å²) in [7, 11) is -4.11. The van der Waals surface area contributed by atoms with Crippen molar-refractivity contribution in [1.82, 2.24) is 10.2 Å². The Hall–Kier alpha value is -3.07. The van der Waals surface area contributed by atoms with Crippen LogP contribution in [-0.4, -0.2) is 43.8 Å². The number of nitrogens with one attached hydrogen (secondary N) is 1. The number of carbonyl (C=O) groups excluding carboxylic acids is 2. The van der Waals surface area contributed by atoms with E-state index < -0.39 is 28.5 Å². The summed E-state index contributed by atoms with van der Waals surface area (Å²) in [6, 6.07) is 18.9. The number of amides is 2. The topological polar surface area (TPSA) is 86.8 Å². The van der Waals surface area contributed by atoms with Gasteiger partial charge in [0, 0.05) is 12.6 Å². The van der Waals surface area contributed by atoms with Crippen LogP contribution in [-0.2, 0) is 26.2 Å². The molecule has 0 unspecified atom stereocenters. The van der Waals surface area contributed by atoms with Crippen LogP contribution in [0.3, 0.4) is 0 Å². The first-order chi connectivity index (χ1) is 19.0. The second-order valence-electron chi connectivity index (χ2n) is 9.67. The lowest BCUT2D eigenvalue weighted by molar-refractivity contribution is -0.140. The highest BCUT2D eigenvalue weighted by molar-refractivity contribution is 7.92. The first-order valence-electron chi connectivity index (χ1n) is 13.2. The third kappa shape index (κ3) is 7.77. The van der Waals surface area contributed by atoms with Crippen LogP contribution < -0.4 is 9.62 Å². The zero-order valence-corrected chi connectivity index (χ0v) is 25.4. The second-order valence-corrected chi connectivity index (χ2v) is 12.3. The number of anilines is 1. The quantitative estimate of drug-likeness (QED) is 0.266. The Morgan fingerprint density at radius 1 is 0.900 bits per heavy atom. The van der Waals surface area contributed by atoms with Crippen molar-refractivity contribution in [3.8, 4) is 0 Å². The average molecular weight is 605 g/mol. The van der Waals surface area contributed by atoms with Gasteiger partial charge in [0.25, 0.3) is 10.0 Å². The minimum absolute atomic E-state index is 0.0370. The molecule has 3 aromatic rings. The van der Waals surface area contributed by atoms with Crippen molar-refractivity contribution in [2.45, 2.75) is 64.1 Å². The summed E-state index contributed by atoms with van der Waals surface area (Å²) < 4.78 is 28.7. The van der Waals surface area contributed by atoms with Gasteiger partial charge in [0.15, 0.2) is 0 Å². The summed E-state index contributed by atoms with van der Waals surface area (Å²) in [6.07, 6.45) is 1.05. The standard InChI is InChI=1S/C30H35Cl2N3O4S/c1-5-22(4)33-30(37)28(6-2)34(19-23-14-17-26(31)27(32)18-23)29(36)20-35(24-15-12-21(3)13-16-24)40(38,39)25-10-8-7-9-11-25/h7-18,22,28H,5-6,19-20H2,1-4H3,(H,33,37)/t22-,28+/m1/s1. The molecule has 0 fully saturated rings. The molecular weight excluding hydrogens is 569 g/mol. The van der Waals surface area contributed by atoms with Gasteiger partial charge in [0.2, 0.25) is 11.8 Å². The molecule has 0 aromatic heterocycles. The first-order valence-corrected chi connectivity index (χ1v) is 15.4. The fourth-order valence-corrected chi connectivity index (χ4v) is 5.91. The SMILES string of the molecule is CC[C@@H](C)NC(=O)[C@H](CC)N(Cc1ccc(Cl)c(Cl)c1)C(=O)CN(c1ccc(C)cc1)S(=O)(=O)c1ccccc1. The van der Waals surface area contributed by atoms with E-state index in [2.05, 4.69) is 5.32 Å². The molecule has 0 heterocycles. The summed E-state index contributed by atoms with van der Waals surface area (Å²) in [5, 5.41) is 3.64. The zero-order valence-electron chi connectivity index (χ0n) is 23.1. The third-order valence-corrected chi connectivity index (χ3v) is 9.18. The minimum Gasteiger partial charge on any atom is -0.352 e. The predicted molar refractivity (Wildman–Crippen MR) is 161 cm³/mol. The van der Waals surface area contributed by atoms with E-state index >= 15 is 0 Å². The monoisotopic (exact) mass is 603 g/mol. The van der Waals surface area contributed by atoms with E-state index in [1.807, 2.05) is 27.7 Å². The lowest BCUT2D eigenvalue weighted by atomic mass is 10.1. The van der Waals surface area contributed by atoms with E-state index in [1.165, 1.54) is 17.0 Å². The van der Waals surface area contributed by atoms with Gasteiger partial charge >= 0.3 is 0 Å². The van der Waals surface area contributed by atoms with E-state index in [0.717, 1.165) is 16.3 Å². The predicted octanol–water partition coefficient (Wildman–Crippen LogP) is 6.22. The normalized spacial score (nSPS) is 12.8. The fraction of sp³-hybridized carbons (Fsp3) is 0.333. The van der Waals surface area contributed by atoms with Gasteiger partial charge in [-0.1, -0.05) is 79.0 Å². The Balaban J connectivity index is 2.06. The van der Waals surface area contributed by atoms with Gasteiger partial charge in [-0.3, -0.25) is 13.9 Å². The molecule has 214 valence electrons. The highest BCUT2D eigenvalue weighted by Crippen LogP contribution is 2.27. The van der Waals surface area contributed by atoms with Gasteiger partial charge in [-0.25, -0.2) is 8.42 Å². The minimum atomic E-state index is -4.11. The lowest BCUT2D eigenvalue weighted by Crippen LogP contribution is -2.53. The molecule has 10 heteroatoms. The van der Waals surface area contributed by atoms with Gasteiger partial charge in [-0.15, -0.1) is 0 Å². The molecule has 0 aliphatic heterocycles. The van der Waals surface area contributed by atoms with Crippen LogP contribution in [0.2, 0.25) is 10.0 Å². The Bertz CT molecular complexity index is 1420. The van der Waals surface area contributed by atoms with E-state index in [9.17, 15) is 18.0 Å². The van der Waals surface area contributed by atoms with Crippen LogP contribution >= 0.6 is 23.2 Å². The van der Waals surface area contributed by atoms with Crippen molar-refractivity contribution in [1.29, 1.82) is 0 Å². The van der Waals surface area contributed by atoms with Gasteiger partial charge < -0.3 is 10.2 Å². The van der Waals surface area contributed by atoms with Crippen LogP contribution in [0, 0.1) is 6.92 Å². The zero-order chi connectivity index (χ0) is 29.4. The number of hydrogen-bond donors (Lipinski definition) is 1. The maximum Gasteiger partial charge on any atom is 0.264 e. The van der Waals surface area contributed by atoms with Crippen LogP contribution in [0.5, 0.6) is 0 Å². The molecular formula is C30H35Cl2N3O4S. The molecule has 0 radical (unpaired) electrons. The number of hydrogen-bond acceptors (Lipinski definition) is 4. The Kier molecular flexibility index (Phi) is 11.0. The van der Waals surface area contributed by atoms with E-state index in [4.69, 9.17) is 23.2 Å². The maximum atomic E-state index is 14.1. The van der Waals surface area contributed by atoms with Crippen molar-refractivity contribution in [3.05, 3.63) is 94.0 Å². The van der Waals surface area contributed by atoms with Crippen molar-refractivity contribution >= 4 is 50.7 Å². The van der Waals surface area contributed by atoms with Gasteiger partial charge in [0.05, 0.1) is 20.6 Å². The van der Waals surface area contributed by atoms with Gasteiger partial charge in [-0.05, 0) is 68.7 Å². The van der Waals surface area contributed by atoms with Crippen molar-refractivity contribution in [2.75, 3.05) is 10.8 Å². The molecule has 0 saturated carbocycles. The molecule has 3 rings (SSSR count). The van der Waals surface area contributed by atoms with Crippen molar-refractivity contribution in [3.63, 3.8) is 0 Å². The molecule has 1 N–H and O–H groups in total. The molecule has 0 aliphatic carbocycles. The molecule has 3 aromatic carbocycles. The van der Waals surface area contributed by atoms with Crippen LogP contribution in [0.25, 0.3) is 0 Å². The molecule has 2 atom stereocenters. The van der Waals surface area contributed by atoms with Crippen molar-refractivity contribution in [2.24, 2.45) is 0 Å². The molecule has 0 spiro atoms. The van der Waals surface area contributed by atoms with Gasteiger partial charge in [-0.2, -0.15) is 0 Å². The number of nitrogens with zero attached hydrogens (tertiary/aromatic N) is 2. The average Bonchev–Trinajstić information content (AvgIpc) is 2.94. The van der Waals surface area contributed by atoms with E-state index in [0.29, 0.717) is 27.7 Å². The molecule has 0 saturated heterocycles. The molecule has 0 aliphatic rings. The first kappa shape index (κ1) is 31.5. The number of sulfonamides is 1. The maximum absolute atomic E-state index is 14.1. The molecule has 2 amide bonds. The Morgan fingerprint density at radius 2 is 1.55 bits per heavy atom. The van der Waals surface area contributed by atoms with Gasteiger partial charge in [0.1, 0.15) is 12.6 Å². The number of carbonyl (C=O) groups is 2. The van der Waals surface area contributed by atoms with E-state index in [-0.39, 0.29) is 23.4 Å². The fourth-order valence-electron chi connectivity index (χ4n) is 4.15. The lowest BCUT2D eigenvalue weighted by Gasteiger charge is -2.33. The number of aryl methyl sites for hydroxylation is 1. The number of halogens is 2. The Morgan fingerprint density at radius 3 is 2.12 bits per heavy atom. The summed E-state index contributed by atoms with van der Waals surface area (Å²) >= 11 is 12.3. The summed E-state index contributed by atoms with van der Waals surface area (Å²) in [4.78, 5) is 28.9. The largest absolute Gasteiger partial charge is 0.352 e. The molecule has 0 bridgehead atoms. The smallest absolute Gasteiger partial charge is 0.264 e. The molecule has 40 heavy (non-hydrogen) atoms. The highest BCUT2D eigenvalue weighted by Gasteiger charge is 2.34. The highest BCUT2D eigenvalue weighted by atomic mass is 35.5.